The molecular formula is C11H12N2O3. The van der Waals surface area contributed by atoms with Crippen LogP contribution >= 0.6 is 0 Å². The summed E-state index contributed by atoms with van der Waals surface area (Å²) >= 11 is 0. The molecule has 84 valence electrons. The van der Waals surface area contributed by atoms with E-state index in [1.807, 2.05) is 12.1 Å². The largest absolute Gasteiger partial charge is 0.496 e. The molecule has 5 heteroatoms. The Morgan fingerprint density at radius 2 is 2.31 bits per heavy atom. The summed E-state index contributed by atoms with van der Waals surface area (Å²) in [4.78, 5) is 13.8. The number of nitrogens with one attached hydrogen (secondary N) is 1. The van der Waals surface area contributed by atoms with Gasteiger partial charge >= 0.3 is 5.97 Å². The third kappa shape index (κ3) is 1.51. The van der Waals surface area contributed by atoms with Gasteiger partial charge in [0.15, 0.2) is 0 Å². The molecule has 2 rings (SSSR count). The fourth-order valence-electron chi connectivity index (χ4n) is 1.73. The van der Waals surface area contributed by atoms with E-state index >= 15 is 0 Å². The van der Waals surface area contributed by atoms with Crippen molar-refractivity contribution in [2.75, 3.05) is 7.11 Å². The lowest BCUT2D eigenvalue weighted by atomic mass is 10.1. The van der Waals surface area contributed by atoms with E-state index < -0.39 is 12.0 Å². The van der Waals surface area contributed by atoms with Crippen molar-refractivity contribution in [2.45, 2.75) is 6.04 Å². The highest BCUT2D eigenvalue weighted by Gasteiger charge is 2.20. The van der Waals surface area contributed by atoms with E-state index in [-0.39, 0.29) is 0 Å². The monoisotopic (exact) mass is 220 g/mol. The van der Waals surface area contributed by atoms with Crippen molar-refractivity contribution in [2.24, 2.45) is 5.73 Å². The van der Waals surface area contributed by atoms with Gasteiger partial charge in [0.05, 0.1) is 7.11 Å². The van der Waals surface area contributed by atoms with Gasteiger partial charge in [-0.25, -0.2) is 0 Å². The molecule has 0 aliphatic heterocycles. The second kappa shape index (κ2) is 3.86. The Balaban J connectivity index is 2.67. The highest BCUT2D eigenvalue weighted by Crippen LogP contribution is 2.31. The van der Waals surface area contributed by atoms with Crippen LogP contribution in [0.1, 0.15) is 11.6 Å². The second-order valence-electron chi connectivity index (χ2n) is 3.44. The van der Waals surface area contributed by atoms with Gasteiger partial charge in [-0.2, -0.15) is 0 Å². The minimum atomic E-state index is -1.06. The molecule has 4 N–H and O–H groups in total. The van der Waals surface area contributed by atoms with Gasteiger partial charge < -0.3 is 20.6 Å². The summed E-state index contributed by atoms with van der Waals surface area (Å²) in [6, 6.07) is 4.39. The van der Waals surface area contributed by atoms with Crippen LogP contribution in [0.3, 0.4) is 0 Å². The molecule has 0 aliphatic carbocycles. The van der Waals surface area contributed by atoms with Crippen LogP contribution in [0.25, 0.3) is 10.9 Å². The Morgan fingerprint density at radius 3 is 2.94 bits per heavy atom. The number of ether oxygens (including phenoxy) is 1. The molecule has 0 bridgehead atoms. The molecule has 1 atom stereocenters. The fraction of sp³-hybridized carbons (Fsp3) is 0.182. The molecule has 0 radical (unpaired) electrons. The van der Waals surface area contributed by atoms with Crippen LogP contribution in [0.15, 0.2) is 24.4 Å². The summed E-state index contributed by atoms with van der Waals surface area (Å²) in [5.74, 6) is -0.447. The molecular weight excluding hydrogens is 208 g/mol. The van der Waals surface area contributed by atoms with Gasteiger partial charge in [-0.15, -0.1) is 0 Å². The van der Waals surface area contributed by atoms with Gasteiger partial charge in [-0.1, -0.05) is 6.07 Å². The molecule has 16 heavy (non-hydrogen) atoms. The van der Waals surface area contributed by atoms with Crippen molar-refractivity contribution < 1.29 is 14.6 Å². The first-order chi connectivity index (χ1) is 7.65. The lowest BCUT2D eigenvalue weighted by Crippen LogP contribution is -2.20. The summed E-state index contributed by atoms with van der Waals surface area (Å²) in [7, 11) is 1.54. The van der Waals surface area contributed by atoms with Crippen LogP contribution in [0.5, 0.6) is 5.75 Å². The van der Waals surface area contributed by atoms with Crippen LogP contribution in [0.2, 0.25) is 0 Å². The molecule has 1 heterocycles. The van der Waals surface area contributed by atoms with Crippen molar-refractivity contribution in [1.82, 2.24) is 4.98 Å². The van der Waals surface area contributed by atoms with Crippen molar-refractivity contribution in [3.05, 3.63) is 30.0 Å². The number of carboxylic acids is 1. The standard InChI is InChI=1S/C11H12N2O3/c1-16-8-4-2-3-7-9(8)6(5-13-7)10(12)11(14)15/h2-5,10,13H,12H2,1H3,(H,14,15)/t10-/m1/s1. The van der Waals surface area contributed by atoms with Crippen LogP contribution in [0.4, 0.5) is 0 Å². The summed E-state index contributed by atoms with van der Waals surface area (Å²) in [6.45, 7) is 0. The van der Waals surface area contributed by atoms with Crippen molar-refractivity contribution in [3.63, 3.8) is 0 Å². The maximum Gasteiger partial charge on any atom is 0.325 e. The third-order valence-electron chi connectivity index (χ3n) is 2.52. The van der Waals surface area contributed by atoms with E-state index in [2.05, 4.69) is 4.98 Å². The van der Waals surface area contributed by atoms with Crippen LogP contribution in [-0.2, 0) is 4.79 Å². The van der Waals surface area contributed by atoms with Crippen LogP contribution < -0.4 is 10.5 Å². The maximum atomic E-state index is 10.9. The average molecular weight is 220 g/mol. The quantitative estimate of drug-likeness (QED) is 0.726. The number of aromatic nitrogens is 1. The molecule has 0 saturated heterocycles. The number of aliphatic carboxylic acids is 1. The van der Waals surface area contributed by atoms with Gasteiger partial charge in [0.2, 0.25) is 0 Å². The van der Waals surface area contributed by atoms with Crippen molar-refractivity contribution in [1.29, 1.82) is 0 Å². The van der Waals surface area contributed by atoms with Crippen molar-refractivity contribution >= 4 is 16.9 Å². The first kappa shape index (κ1) is 10.5. The number of H-pyrrole nitrogens is 1. The lowest BCUT2D eigenvalue weighted by molar-refractivity contribution is -0.138. The number of carbonyl (C=O) groups is 1. The van der Waals surface area contributed by atoms with Gasteiger partial charge in [-0.05, 0) is 12.1 Å². The second-order valence-corrected chi connectivity index (χ2v) is 3.44. The predicted molar refractivity (Wildman–Crippen MR) is 59.4 cm³/mol. The Morgan fingerprint density at radius 1 is 1.56 bits per heavy atom. The van der Waals surface area contributed by atoms with E-state index in [4.69, 9.17) is 15.6 Å². The van der Waals surface area contributed by atoms with E-state index in [0.717, 1.165) is 10.9 Å². The Bertz CT molecular complexity index is 533. The molecule has 0 amide bonds. The molecule has 0 spiro atoms. The van der Waals surface area contributed by atoms with E-state index in [0.29, 0.717) is 11.3 Å². The molecule has 1 aromatic carbocycles. The van der Waals surface area contributed by atoms with Gasteiger partial charge in [-0.3, -0.25) is 4.79 Å². The highest BCUT2D eigenvalue weighted by molar-refractivity contribution is 5.93. The fourth-order valence-corrected chi connectivity index (χ4v) is 1.73. The van der Waals surface area contributed by atoms with Crippen LogP contribution in [0, 0.1) is 0 Å². The molecule has 0 unspecified atom stereocenters. The van der Waals surface area contributed by atoms with Gasteiger partial charge in [0.25, 0.3) is 0 Å². The van der Waals surface area contributed by atoms with Crippen LogP contribution in [-0.4, -0.2) is 23.2 Å². The van der Waals surface area contributed by atoms with Gasteiger partial charge in [0, 0.05) is 22.7 Å². The SMILES string of the molecule is COc1cccc2[nH]cc([C@@H](N)C(=O)O)c12. The van der Waals surface area contributed by atoms with Crippen molar-refractivity contribution in [3.8, 4) is 5.75 Å². The smallest absolute Gasteiger partial charge is 0.325 e. The van der Waals surface area contributed by atoms with E-state index in [1.54, 1.807) is 12.3 Å². The van der Waals surface area contributed by atoms with E-state index in [1.165, 1.54) is 7.11 Å². The molecule has 2 aromatic rings. The summed E-state index contributed by atoms with van der Waals surface area (Å²) in [5, 5.41) is 9.62. The summed E-state index contributed by atoms with van der Waals surface area (Å²) < 4.78 is 5.19. The molecule has 1 aromatic heterocycles. The first-order valence-electron chi connectivity index (χ1n) is 4.77. The first-order valence-corrected chi connectivity index (χ1v) is 4.77. The topological polar surface area (TPSA) is 88.3 Å². The number of fused-ring (bicyclic) bond motifs is 1. The summed E-state index contributed by atoms with van der Waals surface area (Å²) in [5.41, 5.74) is 6.94. The molecule has 0 fully saturated rings. The zero-order chi connectivity index (χ0) is 11.7. The lowest BCUT2D eigenvalue weighted by Gasteiger charge is -2.07. The Labute approximate surface area is 91.8 Å². The number of carboxylic acid groups (broad SMARTS) is 1. The van der Waals surface area contributed by atoms with E-state index in [9.17, 15) is 4.79 Å². The predicted octanol–water partition coefficient (Wildman–Crippen LogP) is 1.26. The minimum absolute atomic E-state index is 0.528. The Hall–Kier alpha value is -2.01. The van der Waals surface area contributed by atoms with Gasteiger partial charge in [0.1, 0.15) is 11.8 Å². The number of hydrogen-bond donors (Lipinski definition) is 3. The molecule has 0 saturated carbocycles. The summed E-state index contributed by atoms with van der Waals surface area (Å²) in [6.07, 6.45) is 1.60. The molecule has 5 nitrogen and oxygen atoms in total. The zero-order valence-electron chi connectivity index (χ0n) is 8.73. The number of methoxy groups -OCH3 is 1. The number of nitrogens with two attached hydrogens (primary N) is 1. The number of benzene rings is 1. The Kier molecular flexibility index (Phi) is 2.54. The highest BCUT2D eigenvalue weighted by atomic mass is 16.5. The molecule has 0 aliphatic rings. The average Bonchev–Trinajstić information content (AvgIpc) is 2.71. The third-order valence-corrected chi connectivity index (χ3v) is 2.52. The maximum absolute atomic E-state index is 10.9. The number of aromatic amines is 1. The zero-order valence-corrected chi connectivity index (χ0v) is 8.73. The normalized spacial score (nSPS) is 12.6. The number of hydrogen-bond acceptors (Lipinski definition) is 3. The minimum Gasteiger partial charge on any atom is -0.496 e. The number of rotatable bonds is 3.